The molecule has 2 aromatic carbocycles. The minimum Gasteiger partial charge on any atom is -0.379 e. The Kier molecular flexibility index (Phi) is 5.69. The Morgan fingerprint density at radius 1 is 1.00 bits per heavy atom. The number of imidazole rings is 1. The van der Waals surface area contributed by atoms with Gasteiger partial charge in [0, 0.05) is 38.4 Å². The van der Waals surface area contributed by atoms with E-state index in [1.807, 2.05) is 0 Å². The molecule has 10 heteroatoms. The summed E-state index contributed by atoms with van der Waals surface area (Å²) in [6, 6.07) is 11.8. The van der Waals surface area contributed by atoms with Crippen LogP contribution in [0.5, 0.6) is 0 Å². The van der Waals surface area contributed by atoms with E-state index < -0.39 is 10.0 Å². The molecule has 0 spiro atoms. The van der Waals surface area contributed by atoms with Gasteiger partial charge in [-0.25, -0.2) is 13.2 Å². The van der Waals surface area contributed by atoms with Gasteiger partial charge in [-0.2, -0.15) is 4.31 Å². The van der Waals surface area contributed by atoms with Crippen LogP contribution in [0.4, 0.5) is 5.69 Å². The molecular formula is C21H24N4O5S. The van der Waals surface area contributed by atoms with E-state index in [4.69, 9.17) is 4.74 Å². The molecule has 0 radical (unpaired) electrons. The molecule has 1 aliphatic heterocycles. The van der Waals surface area contributed by atoms with E-state index in [1.54, 1.807) is 61.1 Å². The second-order valence-corrected chi connectivity index (χ2v) is 9.49. The summed E-state index contributed by atoms with van der Waals surface area (Å²) in [5, 5.41) is 2.82. The summed E-state index contributed by atoms with van der Waals surface area (Å²) in [6.07, 6.45) is 0. The number of nitrogens with one attached hydrogen (secondary N) is 1. The second-order valence-electron chi connectivity index (χ2n) is 7.52. The van der Waals surface area contributed by atoms with Crippen molar-refractivity contribution < 1.29 is 17.9 Å². The lowest BCUT2D eigenvalue weighted by atomic mass is 10.1. The predicted molar refractivity (Wildman–Crippen MR) is 118 cm³/mol. The third-order valence-electron chi connectivity index (χ3n) is 5.46. The number of aromatic nitrogens is 2. The zero-order valence-corrected chi connectivity index (χ0v) is 18.2. The summed E-state index contributed by atoms with van der Waals surface area (Å²) in [5.74, 6) is -0.434. The van der Waals surface area contributed by atoms with Gasteiger partial charge in [-0.05, 0) is 35.9 Å². The van der Waals surface area contributed by atoms with E-state index in [1.165, 1.54) is 8.87 Å². The molecule has 0 saturated carbocycles. The summed E-state index contributed by atoms with van der Waals surface area (Å²) in [4.78, 5) is 24.7. The Morgan fingerprint density at radius 3 is 2.32 bits per heavy atom. The summed E-state index contributed by atoms with van der Waals surface area (Å²) < 4.78 is 34.8. The Bertz CT molecular complexity index is 1290. The van der Waals surface area contributed by atoms with Gasteiger partial charge in [0.05, 0.1) is 30.0 Å². The number of carbonyl (C=O) groups is 1. The number of nitrogens with zero attached hydrogens (tertiary/aromatic N) is 3. The molecule has 0 unspecified atom stereocenters. The Hall–Kier alpha value is -2.95. The molecule has 1 saturated heterocycles. The van der Waals surface area contributed by atoms with Crippen LogP contribution in [0.1, 0.15) is 15.9 Å². The quantitative estimate of drug-likeness (QED) is 0.639. The van der Waals surface area contributed by atoms with Crippen LogP contribution in [0.3, 0.4) is 0 Å². The summed E-state index contributed by atoms with van der Waals surface area (Å²) in [5.41, 5.74) is 2.95. The molecule has 1 fully saturated rings. The highest BCUT2D eigenvalue weighted by Crippen LogP contribution is 2.19. The van der Waals surface area contributed by atoms with E-state index in [0.717, 1.165) is 5.52 Å². The first-order valence-corrected chi connectivity index (χ1v) is 11.5. The largest absolute Gasteiger partial charge is 0.379 e. The summed E-state index contributed by atoms with van der Waals surface area (Å²) in [6.45, 7) is 1.53. The number of ether oxygens (including phenoxy) is 1. The monoisotopic (exact) mass is 444 g/mol. The maximum absolute atomic E-state index is 12.6. The number of hydrogen-bond acceptors (Lipinski definition) is 5. The van der Waals surface area contributed by atoms with Crippen LogP contribution in [0.2, 0.25) is 0 Å². The summed E-state index contributed by atoms with van der Waals surface area (Å²) >= 11 is 0. The number of amides is 1. The van der Waals surface area contributed by atoms with Gasteiger partial charge in [0.1, 0.15) is 0 Å². The van der Waals surface area contributed by atoms with Crippen molar-refractivity contribution in [3.05, 3.63) is 64.1 Å². The van der Waals surface area contributed by atoms with Crippen molar-refractivity contribution in [3.63, 3.8) is 0 Å². The third-order valence-corrected chi connectivity index (χ3v) is 7.31. The van der Waals surface area contributed by atoms with Crippen LogP contribution >= 0.6 is 0 Å². The molecule has 3 aromatic rings. The number of fused-ring (bicyclic) bond motifs is 1. The first kappa shape index (κ1) is 21.3. The fraction of sp³-hybridized carbons (Fsp3) is 0.333. The van der Waals surface area contributed by atoms with Crippen molar-refractivity contribution in [1.29, 1.82) is 0 Å². The number of hydrogen-bond donors (Lipinski definition) is 1. The minimum atomic E-state index is -3.42. The highest BCUT2D eigenvalue weighted by molar-refractivity contribution is 7.88. The minimum absolute atomic E-state index is 0.117. The topological polar surface area (TPSA) is 103 Å². The van der Waals surface area contributed by atoms with Crippen molar-refractivity contribution in [3.8, 4) is 0 Å². The van der Waals surface area contributed by atoms with Crippen LogP contribution in [0, 0.1) is 0 Å². The standard InChI is InChI=1S/C21H24N4O5S/c1-23-18-8-7-17(13-19(18)24(2)21(23)27)22-20(26)16-5-3-15(4-6-16)14-31(28,29)25-9-11-30-12-10-25/h3-8,13H,9-12,14H2,1-2H3,(H,22,26). The second kappa shape index (κ2) is 8.29. The van der Waals surface area contributed by atoms with Crippen molar-refractivity contribution in [2.75, 3.05) is 31.6 Å². The van der Waals surface area contributed by atoms with Gasteiger partial charge >= 0.3 is 5.69 Å². The van der Waals surface area contributed by atoms with Crippen molar-refractivity contribution in [2.24, 2.45) is 14.1 Å². The molecule has 0 aliphatic carbocycles. The van der Waals surface area contributed by atoms with E-state index in [2.05, 4.69) is 5.32 Å². The van der Waals surface area contributed by atoms with Crippen LogP contribution in [-0.2, 0) is 34.6 Å². The van der Waals surface area contributed by atoms with Gasteiger partial charge in [-0.1, -0.05) is 12.1 Å². The van der Waals surface area contributed by atoms with E-state index >= 15 is 0 Å². The zero-order chi connectivity index (χ0) is 22.2. The van der Waals surface area contributed by atoms with Crippen LogP contribution in [-0.4, -0.2) is 54.1 Å². The number of carbonyl (C=O) groups excluding carboxylic acids is 1. The van der Waals surface area contributed by atoms with Gasteiger partial charge < -0.3 is 10.1 Å². The van der Waals surface area contributed by atoms with Crippen molar-refractivity contribution in [1.82, 2.24) is 13.4 Å². The number of sulfonamides is 1. The van der Waals surface area contributed by atoms with Gasteiger partial charge in [0.2, 0.25) is 10.0 Å². The fourth-order valence-electron chi connectivity index (χ4n) is 3.67. The van der Waals surface area contributed by atoms with Gasteiger partial charge in [-0.15, -0.1) is 0 Å². The van der Waals surface area contributed by atoms with Crippen molar-refractivity contribution in [2.45, 2.75) is 5.75 Å². The number of morpholine rings is 1. The summed E-state index contributed by atoms with van der Waals surface area (Å²) in [7, 11) is -0.0429. The molecule has 1 amide bonds. The maximum Gasteiger partial charge on any atom is 0.328 e. The lowest BCUT2D eigenvalue weighted by molar-refractivity contribution is 0.0729. The molecular weight excluding hydrogens is 420 g/mol. The molecule has 4 rings (SSSR count). The van der Waals surface area contributed by atoms with Gasteiger partial charge in [0.15, 0.2) is 0 Å². The Morgan fingerprint density at radius 2 is 1.65 bits per heavy atom. The van der Waals surface area contributed by atoms with Crippen LogP contribution < -0.4 is 11.0 Å². The highest BCUT2D eigenvalue weighted by atomic mass is 32.2. The van der Waals surface area contributed by atoms with Crippen LogP contribution in [0.25, 0.3) is 11.0 Å². The first-order valence-electron chi connectivity index (χ1n) is 9.87. The molecule has 0 bridgehead atoms. The number of aryl methyl sites for hydroxylation is 2. The van der Waals surface area contributed by atoms with Crippen molar-refractivity contribution >= 4 is 32.7 Å². The van der Waals surface area contributed by atoms with Gasteiger partial charge in [0.25, 0.3) is 5.91 Å². The molecule has 0 atom stereocenters. The fourth-order valence-corrected chi connectivity index (χ4v) is 5.17. The molecule has 1 N–H and O–H groups in total. The van der Waals surface area contributed by atoms with E-state index in [0.29, 0.717) is 48.6 Å². The highest BCUT2D eigenvalue weighted by Gasteiger charge is 2.24. The SMILES string of the molecule is Cn1c(=O)n(C)c2cc(NC(=O)c3ccc(CS(=O)(=O)N4CCOCC4)cc3)ccc21. The molecule has 164 valence electrons. The molecule has 1 aliphatic rings. The third kappa shape index (κ3) is 4.27. The van der Waals surface area contributed by atoms with Crippen LogP contribution in [0.15, 0.2) is 47.3 Å². The average molecular weight is 445 g/mol. The predicted octanol–water partition coefficient (Wildman–Crippen LogP) is 1.29. The lowest BCUT2D eigenvalue weighted by Crippen LogP contribution is -2.41. The zero-order valence-electron chi connectivity index (χ0n) is 17.4. The molecule has 1 aromatic heterocycles. The molecule has 2 heterocycles. The maximum atomic E-state index is 12.6. The smallest absolute Gasteiger partial charge is 0.328 e. The molecule has 9 nitrogen and oxygen atoms in total. The Labute approximate surface area is 179 Å². The van der Waals surface area contributed by atoms with E-state index in [-0.39, 0.29) is 17.3 Å². The van der Waals surface area contributed by atoms with Gasteiger partial charge in [-0.3, -0.25) is 13.9 Å². The van der Waals surface area contributed by atoms with E-state index in [9.17, 15) is 18.0 Å². The lowest BCUT2D eigenvalue weighted by Gasteiger charge is -2.26. The number of anilines is 1. The molecule has 31 heavy (non-hydrogen) atoms. The Balaban J connectivity index is 1.46. The number of rotatable bonds is 5. The average Bonchev–Trinajstić information content (AvgIpc) is 2.98. The normalized spacial score (nSPS) is 15.3. The number of benzene rings is 2. The first-order chi connectivity index (χ1) is 14.8.